The first-order valence-electron chi connectivity index (χ1n) is 6.80. The Labute approximate surface area is 108 Å². The molecule has 1 fully saturated rings. The maximum absolute atomic E-state index is 3.70. The van der Waals surface area contributed by atoms with E-state index >= 15 is 0 Å². The predicted molar refractivity (Wildman–Crippen MR) is 75.7 cm³/mol. The molecule has 0 bridgehead atoms. The van der Waals surface area contributed by atoms with E-state index in [1.54, 1.807) is 0 Å². The second-order valence-corrected chi connectivity index (χ2v) is 5.31. The van der Waals surface area contributed by atoms with Gasteiger partial charge in [0.2, 0.25) is 0 Å². The first kappa shape index (κ1) is 11.8. The van der Waals surface area contributed by atoms with Gasteiger partial charge in [0.05, 0.1) is 0 Å². The molecule has 0 aliphatic carbocycles. The monoisotopic (exact) mass is 243 g/mol. The average molecular weight is 243 g/mol. The largest absolute Gasteiger partial charge is 0.361 e. The number of piperidine rings is 1. The second kappa shape index (κ2) is 5.12. The molecule has 0 radical (unpaired) electrons. The van der Waals surface area contributed by atoms with E-state index in [-0.39, 0.29) is 0 Å². The van der Waals surface area contributed by atoms with Crippen molar-refractivity contribution in [3.05, 3.63) is 36.0 Å². The summed E-state index contributed by atoms with van der Waals surface area (Å²) in [5, 5.41) is 5.05. The first-order valence-corrected chi connectivity index (χ1v) is 6.80. The summed E-state index contributed by atoms with van der Waals surface area (Å²) in [6.45, 7) is 3.40. The van der Waals surface area contributed by atoms with Crippen molar-refractivity contribution in [1.82, 2.24) is 15.2 Å². The Morgan fingerprint density at radius 1 is 1.28 bits per heavy atom. The Hall–Kier alpha value is -1.32. The van der Waals surface area contributed by atoms with Gasteiger partial charge in [-0.3, -0.25) is 0 Å². The second-order valence-electron chi connectivity index (χ2n) is 5.31. The van der Waals surface area contributed by atoms with Gasteiger partial charge in [0.15, 0.2) is 0 Å². The summed E-state index contributed by atoms with van der Waals surface area (Å²) in [4.78, 5) is 5.68. The minimum Gasteiger partial charge on any atom is -0.361 e. The quantitative estimate of drug-likeness (QED) is 0.867. The number of nitrogens with zero attached hydrogens (tertiary/aromatic N) is 1. The van der Waals surface area contributed by atoms with Crippen molar-refractivity contribution in [2.24, 2.45) is 0 Å². The van der Waals surface area contributed by atoms with Crippen LogP contribution in [0, 0.1) is 0 Å². The summed E-state index contributed by atoms with van der Waals surface area (Å²) in [7, 11) is 2.21. The summed E-state index contributed by atoms with van der Waals surface area (Å²) < 4.78 is 0. The van der Waals surface area contributed by atoms with E-state index in [0.29, 0.717) is 6.04 Å². The number of nitrogens with one attached hydrogen (secondary N) is 2. The van der Waals surface area contributed by atoms with Crippen LogP contribution >= 0.6 is 0 Å². The number of likely N-dealkylation sites (tertiary alicyclic amines) is 1. The van der Waals surface area contributed by atoms with Gasteiger partial charge in [0.1, 0.15) is 0 Å². The lowest BCUT2D eigenvalue weighted by molar-refractivity contribution is 0.234. The molecule has 0 unspecified atom stereocenters. The van der Waals surface area contributed by atoms with Crippen LogP contribution in [0.1, 0.15) is 18.4 Å². The molecule has 2 aromatic rings. The fourth-order valence-electron chi connectivity index (χ4n) is 2.77. The zero-order valence-electron chi connectivity index (χ0n) is 10.9. The van der Waals surface area contributed by atoms with Gasteiger partial charge in [-0.05, 0) is 50.7 Å². The minimum absolute atomic E-state index is 0.676. The average Bonchev–Trinajstić information content (AvgIpc) is 2.87. The molecule has 3 heteroatoms. The lowest BCUT2D eigenvalue weighted by atomic mass is 10.0. The van der Waals surface area contributed by atoms with Crippen LogP contribution in [0.4, 0.5) is 0 Å². The summed E-state index contributed by atoms with van der Waals surface area (Å²) in [5.41, 5.74) is 2.63. The fraction of sp³-hybridized carbons (Fsp3) is 0.467. The zero-order chi connectivity index (χ0) is 12.4. The van der Waals surface area contributed by atoms with Gasteiger partial charge in [0.25, 0.3) is 0 Å². The number of H-pyrrole nitrogens is 1. The Morgan fingerprint density at radius 3 is 2.94 bits per heavy atom. The first-order chi connectivity index (χ1) is 8.83. The highest BCUT2D eigenvalue weighted by molar-refractivity contribution is 5.82. The predicted octanol–water partition coefficient (Wildman–Crippen LogP) is 2.35. The topological polar surface area (TPSA) is 31.1 Å². The normalized spacial score (nSPS) is 18.5. The van der Waals surface area contributed by atoms with E-state index in [2.05, 4.69) is 46.5 Å². The molecular formula is C15H21N3. The van der Waals surface area contributed by atoms with Crippen molar-refractivity contribution in [1.29, 1.82) is 0 Å². The Kier molecular flexibility index (Phi) is 3.35. The molecule has 2 N–H and O–H groups in total. The number of aromatic nitrogens is 1. The highest BCUT2D eigenvalue weighted by Gasteiger charge is 2.15. The van der Waals surface area contributed by atoms with Gasteiger partial charge in [-0.15, -0.1) is 0 Å². The lowest BCUT2D eigenvalue weighted by Crippen LogP contribution is -2.40. The molecule has 3 nitrogen and oxygen atoms in total. The van der Waals surface area contributed by atoms with E-state index in [0.717, 1.165) is 6.54 Å². The van der Waals surface area contributed by atoms with Crippen LogP contribution in [0.3, 0.4) is 0 Å². The number of fused-ring (bicyclic) bond motifs is 1. The third kappa shape index (κ3) is 2.42. The molecule has 0 amide bonds. The van der Waals surface area contributed by atoms with Crippen LogP contribution in [-0.4, -0.2) is 36.1 Å². The summed E-state index contributed by atoms with van der Waals surface area (Å²) >= 11 is 0. The van der Waals surface area contributed by atoms with Gasteiger partial charge in [-0.25, -0.2) is 0 Å². The lowest BCUT2D eigenvalue weighted by Gasteiger charge is -2.29. The third-order valence-corrected chi connectivity index (χ3v) is 3.99. The van der Waals surface area contributed by atoms with Gasteiger partial charge in [-0.2, -0.15) is 0 Å². The number of benzene rings is 1. The summed E-state index contributed by atoms with van der Waals surface area (Å²) in [5.74, 6) is 0. The molecular weight excluding hydrogens is 222 g/mol. The van der Waals surface area contributed by atoms with Gasteiger partial charge >= 0.3 is 0 Å². The summed E-state index contributed by atoms with van der Waals surface area (Å²) in [6.07, 6.45) is 4.54. The van der Waals surface area contributed by atoms with E-state index in [1.165, 1.54) is 42.4 Å². The number of aromatic amines is 1. The van der Waals surface area contributed by atoms with Gasteiger partial charge < -0.3 is 15.2 Å². The van der Waals surface area contributed by atoms with Crippen LogP contribution in [0.25, 0.3) is 10.9 Å². The van der Waals surface area contributed by atoms with Crippen LogP contribution in [0.15, 0.2) is 30.5 Å². The van der Waals surface area contributed by atoms with Crippen LogP contribution in [-0.2, 0) is 6.54 Å². The molecule has 0 atom stereocenters. The molecule has 0 saturated carbocycles. The fourth-order valence-corrected chi connectivity index (χ4v) is 2.77. The molecule has 0 spiro atoms. The number of hydrogen-bond donors (Lipinski definition) is 2. The van der Waals surface area contributed by atoms with Gasteiger partial charge in [0, 0.05) is 29.7 Å². The molecule has 1 aromatic carbocycles. The standard InChI is InChI=1S/C15H21N3/c1-18-9-6-13(7-10-18)17-11-12-3-2-4-15-14(12)5-8-16-15/h2-5,8,13,16-17H,6-7,9-11H2,1H3. The Morgan fingerprint density at radius 2 is 2.11 bits per heavy atom. The van der Waals surface area contributed by atoms with E-state index < -0.39 is 0 Å². The van der Waals surface area contributed by atoms with Crippen LogP contribution in [0.2, 0.25) is 0 Å². The number of hydrogen-bond acceptors (Lipinski definition) is 2. The maximum atomic E-state index is 3.70. The molecule has 2 heterocycles. The van der Waals surface area contributed by atoms with Crippen LogP contribution in [0.5, 0.6) is 0 Å². The smallest absolute Gasteiger partial charge is 0.0457 e. The molecule has 18 heavy (non-hydrogen) atoms. The van der Waals surface area contributed by atoms with Crippen molar-refractivity contribution in [3.8, 4) is 0 Å². The van der Waals surface area contributed by atoms with E-state index in [4.69, 9.17) is 0 Å². The Balaban J connectivity index is 1.64. The van der Waals surface area contributed by atoms with Crippen molar-refractivity contribution >= 4 is 10.9 Å². The maximum Gasteiger partial charge on any atom is 0.0457 e. The van der Waals surface area contributed by atoms with E-state index in [1.807, 2.05) is 6.20 Å². The molecule has 3 rings (SSSR count). The highest BCUT2D eigenvalue weighted by atomic mass is 15.1. The van der Waals surface area contributed by atoms with Crippen LogP contribution < -0.4 is 5.32 Å². The molecule has 96 valence electrons. The van der Waals surface area contributed by atoms with Crippen molar-refractivity contribution in [2.75, 3.05) is 20.1 Å². The van der Waals surface area contributed by atoms with Gasteiger partial charge in [-0.1, -0.05) is 12.1 Å². The SMILES string of the molecule is CN1CCC(NCc2cccc3[nH]ccc23)CC1. The minimum atomic E-state index is 0.676. The Bertz CT molecular complexity index is 509. The van der Waals surface area contributed by atoms with Crippen molar-refractivity contribution in [2.45, 2.75) is 25.4 Å². The molecule has 1 aliphatic heterocycles. The molecule has 1 aliphatic rings. The highest BCUT2D eigenvalue weighted by Crippen LogP contribution is 2.18. The number of rotatable bonds is 3. The van der Waals surface area contributed by atoms with E-state index in [9.17, 15) is 0 Å². The van der Waals surface area contributed by atoms with Crippen molar-refractivity contribution < 1.29 is 0 Å². The zero-order valence-corrected chi connectivity index (χ0v) is 10.9. The molecule has 1 aromatic heterocycles. The van der Waals surface area contributed by atoms with Crippen molar-refractivity contribution in [3.63, 3.8) is 0 Å². The molecule has 1 saturated heterocycles. The summed E-state index contributed by atoms with van der Waals surface area (Å²) in [6, 6.07) is 9.33. The third-order valence-electron chi connectivity index (χ3n) is 3.99.